The summed E-state index contributed by atoms with van der Waals surface area (Å²) in [5.74, 6) is -0.581. The van der Waals surface area contributed by atoms with Gasteiger partial charge >= 0.3 is 0 Å². The Morgan fingerprint density at radius 3 is 2.83 bits per heavy atom. The molecule has 0 atom stereocenters. The van der Waals surface area contributed by atoms with E-state index in [4.69, 9.17) is 16.3 Å². The van der Waals surface area contributed by atoms with Gasteiger partial charge in [0, 0.05) is 12.6 Å². The topological polar surface area (TPSA) is 103 Å². The molecule has 2 rings (SSSR count). The zero-order chi connectivity index (χ0) is 17.0. The Morgan fingerprint density at radius 2 is 2.17 bits per heavy atom. The number of carbonyl (C=O) groups excluding carboxylic acids is 1. The third-order valence-electron chi connectivity index (χ3n) is 2.88. The second kappa shape index (κ2) is 6.97. The number of methoxy groups -OCH3 is 1. The number of carbonyl (C=O) groups is 1. The Labute approximate surface area is 138 Å². The molecule has 1 amide bonds. The van der Waals surface area contributed by atoms with Crippen LogP contribution in [0.3, 0.4) is 0 Å². The quantitative estimate of drug-likeness (QED) is 0.838. The Hall–Kier alpha value is -2.13. The van der Waals surface area contributed by atoms with Crippen LogP contribution in [0.1, 0.15) is 23.8 Å². The highest BCUT2D eigenvalue weighted by Crippen LogP contribution is 2.26. The number of halogens is 1. The van der Waals surface area contributed by atoms with Gasteiger partial charge in [-0.1, -0.05) is 23.7 Å². The lowest BCUT2D eigenvalue weighted by atomic mass is 10.3. The first-order valence-electron chi connectivity index (χ1n) is 6.68. The third-order valence-corrected chi connectivity index (χ3v) is 4.69. The molecular weight excluding hydrogens is 344 g/mol. The molecule has 1 heterocycles. The van der Waals surface area contributed by atoms with Crippen molar-refractivity contribution in [2.24, 2.45) is 0 Å². The van der Waals surface area contributed by atoms with Gasteiger partial charge in [-0.25, -0.2) is 13.1 Å². The molecule has 1 aromatic heterocycles. The number of sulfonamides is 1. The van der Waals surface area contributed by atoms with Gasteiger partial charge in [-0.15, -0.1) is 5.10 Å². The van der Waals surface area contributed by atoms with Crippen molar-refractivity contribution in [1.29, 1.82) is 0 Å². The molecule has 1 aromatic carbocycles. The van der Waals surface area contributed by atoms with Crippen LogP contribution in [-0.4, -0.2) is 36.4 Å². The molecule has 8 nitrogen and oxygen atoms in total. The van der Waals surface area contributed by atoms with Crippen molar-refractivity contribution in [1.82, 2.24) is 19.7 Å². The van der Waals surface area contributed by atoms with Crippen molar-refractivity contribution < 1.29 is 17.9 Å². The van der Waals surface area contributed by atoms with Gasteiger partial charge in [0.2, 0.25) is 0 Å². The van der Waals surface area contributed by atoms with Crippen molar-refractivity contribution >= 4 is 27.5 Å². The van der Waals surface area contributed by atoms with Gasteiger partial charge in [0.05, 0.1) is 18.3 Å². The SMILES string of the molecule is CCCn1cc(C(=O)NS(=O)(=O)c2cc(OC)ccc2Cl)nn1. The van der Waals surface area contributed by atoms with Crippen LogP contribution in [0.5, 0.6) is 5.75 Å². The van der Waals surface area contributed by atoms with Gasteiger partial charge in [0.25, 0.3) is 15.9 Å². The van der Waals surface area contributed by atoms with Gasteiger partial charge in [0.15, 0.2) is 5.69 Å². The molecule has 0 fully saturated rings. The van der Waals surface area contributed by atoms with Crippen LogP contribution in [-0.2, 0) is 16.6 Å². The number of hydrogen-bond acceptors (Lipinski definition) is 6. The van der Waals surface area contributed by atoms with Crippen LogP contribution in [0.2, 0.25) is 5.02 Å². The number of hydrogen-bond donors (Lipinski definition) is 1. The van der Waals surface area contributed by atoms with E-state index in [0.717, 1.165) is 6.42 Å². The fraction of sp³-hybridized carbons (Fsp3) is 0.308. The zero-order valence-corrected chi connectivity index (χ0v) is 14.1. The van der Waals surface area contributed by atoms with E-state index in [1.807, 2.05) is 11.6 Å². The molecule has 124 valence electrons. The van der Waals surface area contributed by atoms with Crippen LogP contribution in [0.25, 0.3) is 0 Å². The molecule has 0 radical (unpaired) electrons. The molecular formula is C13H15ClN4O4S. The molecule has 0 aliphatic rings. The number of nitrogens with one attached hydrogen (secondary N) is 1. The van der Waals surface area contributed by atoms with E-state index in [9.17, 15) is 13.2 Å². The molecule has 0 aliphatic heterocycles. The molecule has 10 heteroatoms. The maximum absolute atomic E-state index is 12.3. The monoisotopic (exact) mass is 358 g/mol. The van der Waals surface area contributed by atoms with Crippen LogP contribution in [0.4, 0.5) is 0 Å². The number of amides is 1. The summed E-state index contributed by atoms with van der Waals surface area (Å²) in [4.78, 5) is 11.8. The highest BCUT2D eigenvalue weighted by molar-refractivity contribution is 7.90. The Morgan fingerprint density at radius 1 is 1.43 bits per heavy atom. The fourth-order valence-electron chi connectivity index (χ4n) is 1.79. The van der Waals surface area contributed by atoms with E-state index in [1.165, 1.54) is 36.2 Å². The van der Waals surface area contributed by atoms with E-state index in [1.54, 1.807) is 0 Å². The highest BCUT2D eigenvalue weighted by Gasteiger charge is 2.23. The lowest BCUT2D eigenvalue weighted by Gasteiger charge is -2.08. The van der Waals surface area contributed by atoms with E-state index >= 15 is 0 Å². The lowest BCUT2D eigenvalue weighted by molar-refractivity contribution is 0.0976. The molecule has 0 aliphatic carbocycles. The van der Waals surface area contributed by atoms with Gasteiger partial charge < -0.3 is 4.74 Å². The number of rotatable bonds is 6. The number of benzene rings is 1. The minimum Gasteiger partial charge on any atom is -0.497 e. The summed E-state index contributed by atoms with van der Waals surface area (Å²) in [6.45, 7) is 2.52. The molecule has 0 saturated carbocycles. The molecule has 2 aromatic rings. The predicted molar refractivity (Wildman–Crippen MR) is 83.0 cm³/mol. The maximum atomic E-state index is 12.3. The molecule has 0 spiro atoms. The van der Waals surface area contributed by atoms with Crippen molar-refractivity contribution in [2.75, 3.05) is 7.11 Å². The number of nitrogens with zero attached hydrogens (tertiary/aromatic N) is 3. The predicted octanol–water partition coefficient (Wildman–Crippen LogP) is 1.47. The average molecular weight is 359 g/mol. The number of ether oxygens (including phenoxy) is 1. The summed E-state index contributed by atoms with van der Waals surface area (Å²) in [7, 11) is -2.77. The summed E-state index contributed by atoms with van der Waals surface area (Å²) >= 11 is 5.89. The van der Waals surface area contributed by atoms with E-state index < -0.39 is 15.9 Å². The van der Waals surface area contributed by atoms with Crippen molar-refractivity contribution in [2.45, 2.75) is 24.8 Å². The molecule has 0 bridgehead atoms. The Balaban J connectivity index is 2.25. The molecule has 23 heavy (non-hydrogen) atoms. The second-order valence-electron chi connectivity index (χ2n) is 4.60. The molecule has 0 unspecified atom stereocenters. The van der Waals surface area contributed by atoms with Gasteiger partial charge in [0.1, 0.15) is 10.6 Å². The fourth-order valence-corrected chi connectivity index (χ4v) is 3.26. The van der Waals surface area contributed by atoms with Crippen LogP contribution in [0.15, 0.2) is 29.3 Å². The summed E-state index contributed by atoms with van der Waals surface area (Å²) in [5, 5.41) is 7.36. The van der Waals surface area contributed by atoms with Gasteiger partial charge in [-0.2, -0.15) is 0 Å². The normalized spacial score (nSPS) is 11.3. The van der Waals surface area contributed by atoms with Crippen molar-refractivity contribution in [3.63, 3.8) is 0 Å². The van der Waals surface area contributed by atoms with E-state index in [0.29, 0.717) is 12.3 Å². The van der Waals surface area contributed by atoms with Crippen molar-refractivity contribution in [3.05, 3.63) is 35.1 Å². The number of aryl methyl sites for hydroxylation is 1. The number of aromatic nitrogens is 3. The smallest absolute Gasteiger partial charge is 0.287 e. The third kappa shape index (κ3) is 3.99. The summed E-state index contributed by atoms with van der Waals surface area (Å²) in [6.07, 6.45) is 2.18. The van der Waals surface area contributed by atoms with Crippen LogP contribution >= 0.6 is 11.6 Å². The van der Waals surface area contributed by atoms with Gasteiger partial charge in [-0.3, -0.25) is 9.48 Å². The maximum Gasteiger partial charge on any atom is 0.287 e. The standard InChI is InChI=1S/C13H15ClN4O4S/c1-3-6-18-8-11(15-17-18)13(19)16-23(20,21)12-7-9(22-2)4-5-10(12)14/h4-5,7-8H,3,6H2,1-2H3,(H,16,19). The Kier molecular flexibility index (Phi) is 5.22. The minimum absolute atomic E-state index is 0.0271. The van der Waals surface area contributed by atoms with Crippen molar-refractivity contribution in [3.8, 4) is 5.75 Å². The summed E-state index contributed by atoms with van der Waals surface area (Å²) in [6, 6.07) is 4.11. The van der Waals surface area contributed by atoms with Crippen LogP contribution in [0, 0.1) is 0 Å². The lowest BCUT2D eigenvalue weighted by Crippen LogP contribution is -2.31. The summed E-state index contributed by atoms with van der Waals surface area (Å²) < 4.78 is 33.0. The molecule has 0 saturated heterocycles. The van der Waals surface area contributed by atoms with E-state index in [2.05, 4.69) is 10.3 Å². The first kappa shape index (κ1) is 17.2. The van der Waals surface area contributed by atoms with E-state index in [-0.39, 0.29) is 15.6 Å². The highest BCUT2D eigenvalue weighted by atomic mass is 35.5. The van der Waals surface area contributed by atoms with Crippen LogP contribution < -0.4 is 9.46 Å². The summed E-state index contributed by atoms with van der Waals surface area (Å²) in [5.41, 5.74) is -0.0963. The Bertz CT molecular complexity index is 819. The first-order chi connectivity index (χ1) is 10.9. The first-order valence-corrected chi connectivity index (χ1v) is 8.54. The second-order valence-corrected chi connectivity index (χ2v) is 6.66. The zero-order valence-electron chi connectivity index (χ0n) is 12.5. The minimum atomic E-state index is -4.16. The molecule has 1 N–H and O–H groups in total. The average Bonchev–Trinajstić information content (AvgIpc) is 2.96. The van der Waals surface area contributed by atoms with Gasteiger partial charge in [-0.05, 0) is 18.6 Å². The largest absolute Gasteiger partial charge is 0.497 e.